The number of non-ortho nitro benzene ring substituents is 1. The lowest BCUT2D eigenvalue weighted by Crippen LogP contribution is -2.09. The normalized spacial score (nSPS) is 10.5. The van der Waals surface area contributed by atoms with Gasteiger partial charge in [0.1, 0.15) is 5.75 Å². The number of nitro groups is 1. The smallest absolute Gasteiger partial charge is 0.310 e. The van der Waals surface area contributed by atoms with Gasteiger partial charge in [-0.25, -0.2) is 0 Å². The first-order chi connectivity index (χ1) is 13.5. The number of aromatic nitrogens is 2. The molecule has 0 aliphatic rings. The molecule has 0 radical (unpaired) electrons. The number of benzene rings is 2. The van der Waals surface area contributed by atoms with E-state index in [1.54, 1.807) is 18.2 Å². The average Bonchev–Trinajstić information content (AvgIpc) is 3.16. The van der Waals surface area contributed by atoms with Gasteiger partial charge in [0.15, 0.2) is 6.61 Å². The molecule has 1 heterocycles. The number of carbonyl (C=O) groups excluding carboxylic acids is 1. The summed E-state index contributed by atoms with van der Waals surface area (Å²) in [4.78, 5) is 22.2. The van der Waals surface area contributed by atoms with E-state index in [0.717, 1.165) is 0 Å². The summed E-state index contributed by atoms with van der Waals surface area (Å²) < 4.78 is 15.8. The van der Waals surface area contributed by atoms with E-state index in [1.165, 1.54) is 31.4 Å². The van der Waals surface area contributed by atoms with Crippen LogP contribution in [0.2, 0.25) is 5.02 Å². The second-order valence-corrected chi connectivity index (χ2v) is 6.04. The standard InChI is InChI=1S/C18H14ClN3O6/c1-26-15-7-4-13(19)8-12(15)9-17(23)27-10-16-20-21-18(28-16)11-2-5-14(6-3-11)22(24)25/h2-8H,9-10H2,1H3. The van der Waals surface area contributed by atoms with Gasteiger partial charge < -0.3 is 13.9 Å². The zero-order chi connectivity index (χ0) is 20.1. The molecule has 0 amide bonds. The van der Waals surface area contributed by atoms with Crippen molar-refractivity contribution in [2.45, 2.75) is 13.0 Å². The molecule has 0 bridgehead atoms. The quantitative estimate of drug-likeness (QED) is 0.333. The van der Waals surface area contributed by atoms with Crippen LogP contribution in [0.4, 0.5) is 5.69 Å². The van der Waals surface area contributed by atoms with Gasteiger partial charge in [0.2, 0.25) is 5.89 Å². The fourth-order valence-corrected chi connectivity index (χ4v) is 2.58. The molecule has 0 N–H and O–H groups in total. The minimum Gasteiger partial charge on any atom is -0.496 e. The van der Waals surface area contributed by atoms with E-state index >= 15 is 0 Å². The monoisotopic (exact) mass is 403 g/mol. The maximum Gasteiger partial charge on any atom is 0.310 e. The Morgan fingerprint density at radius 3 is 2.64 bits per heavy atom. The number of methoxy groups -OCH3 is 1. The number of nitrogens with zero attached hydrogens (tertiary/aromatic N) is 3. The molecule has 0 saturated carbocycles. The average molecular weight is 404 g/mol. The molecule has 0 atom stereocenters. The second-order valence-electron chi connectivity index (χ2n) is 5.60. The lowest BCUT2D eigenvalue weighted by molar-refractivity contribution is -0.384. The lowest BCUT2D eigenvalue weighted by Gasteiger charge is -2.08. The van der Waals surface area contributed by atoms with Crippen LogP contribution in [-0.4, -0.2) is 28.2 Å². The highest BCUT2D eigenvalue weighted by Crippen LogP contribution is 2.24. The van der Waals surface area contributed by atoms with Crippen LogP contribution in [-0.2, 0) is 22.6 Å². The van der Waals surface area contributed by atoms with Crippen LogP contribution in [0.25, 0.3) is 11.5 Å². The number of ether oxygens (including phenoxy) is 2. The minimum absolute atomic E-state index is 0.0346. The van der Waals surface area contributed by atoms with Crippen molar-refractivity contribution in [3.05, 3.63) is 69.1 Å². The largest absolute Gasteiger partial charge is 0.496 e. The Hall–Kier alpha value is -3.46. The molecule has 28 heavy (non-hydrogen) atoms. The highest BCUT2D eigenvalue weighted by atomic mass is 35.5. The summed E-state index contributed by atoms with van der Waals surface area (Å²) in [5.41, 5.74) is 1.06. The molecule has 144 valence electrons. The Morgan fingerprint density at radius 1 is 1.21 bits per heavy atom. The van der Waals surface area contributed by atoms with E-state index in [4.69, 9.17) is 25.5 Å². The van der Waals surface area contributed by atoms with Gasteiger partial charge in [-0.2, -0.15) is 0 Å². The number of halogens is 1. The molecule has 9 nitrogen and oxygen atoms in total. The Bertz CT molecular complexity index is 1000. The summed E-state index contributed by atoms with van der Waals surface area (Å²) in [5, 5.41) is 18.8. The van der Waals surface area contributed by atoms with Crippen molar-refractivity contribution in [1.82, 2.24) is 10.2 Å². The SMILES string of the molecule is COc1ccc(Cl)cc1CC(=O)OCc1nnc(-c2ccc([N+](=O)[O-])cc2)o1. The molecular formula is C18H14ClN3O6. The van der Waals surface area contributed by atoms with E-state index < -0.39 is 10.9 Å². The Labute approximate surface area is 164 Å². The third kappa shape index (κ3) is 4.63. The number of rotatable bonds is 7. The molecule has 0 unspecified atom stereocenters. The van der Waals surface area contributed by atoms with E-state index in [1.807, 2.05) is 0 Å². The summed E-state index contributed by atoms with van der Waals surface area (Å²) in [5.74, 6) is 0.271. The first-order valence-electron chi connectivity index (χ1n) is 8.01. The van der Waals surface area contributed by atoms with Crippen LogP contribution in [0, 0.1) is 10.1 Å². The Kier molecular flexibility index (Phi) is 5.85. The molecule has 3 rings (SSSR count). The van der Waals surface area contributed by atoms with E-state index in [0.29, 0.717) is 21.9 Å². The Morgan fingerprint density at radius 2 is 1.96 bits per heavy atom. The van der Waals surface area contributed by atoms with Crippen LogP contribution in [0.5, 0.6) is 5.75 Å². The lowest BCUT2D eigenvalue weighted by atomic mass is 10.1. The predicted octanol–water partition coefficient (Wildman–Crippen LogP) is 3.59. The van der Waals surface area contributed by atoms with Crippen molar-refractivity contribution in [2.24, 2.45) is 0 Å². The molecule has 2 aromatic carbocycles. The van der Waals surface area contributed by atoms with Gasteiger partial charge >= 0.3 is 5.97 Å². The van der Waals surface area contributed by atoms with Crippen molar-refractivity contribution in [3.63, 3.8) is 0 Å². The maximum absolute atomic E-state index is 12.1. The molecule has 0 aliphatic carbocycles. The summed E-state index contributed by atoms with van der Waals surface area (Å²) in [6.45, 7) is -0.207. The number of carbonyl (C=O) groups is 1. The highest BCUT2D eigenvalue weighted by molar-refractivity contribution is 6.30. The van der Waals surface area contributed by atoms with E-state index in [9.17, 15) is 14.9 Å². The maximum atomic E-state index is 12.1. The van der Waals surface area contributed by atoms with E-state index in [2.05, 4.69) is 10.2 Å². The van der Waals surface area contributed by atoms with Crippen molar-refractivity contribution < 1.29 is 23.6 Å². The number of hydrogen-bond acceptors (Lipinski definition) is 8. The predicted molar refractivity (Wildman–Crippen MR) is 97.9 cm³/mol. The van der Waals surface area contributed by atoms with Crippen LogP contribution >= 0.6 is 11.6 Å². The summed E-state index contributed by atoms with van der Waals surface area (Å²) >= 11 is 5.94. The molecule has 1 aromatic heterocycles. The summed E-state index contributed by atoms with van der Waals surface area (Å²) in [6.07, 6.45) is -0.0346. The first-order valence-corrected chi connectivity index (χ1v) is 8.39. The van der Waals surface area contributed by atoms with Gasteiger partial charge in [-0.3, -0.25) is 14.9 Å². The Balaban J connectivity index is 1.60. The number of nitro benzene ring substituents is 1. The fourth-order valence-electron chi connectivity index (χ4n) is 2.39. The van der Waals surface area contributed by atoms with Gasteiger partial charge in [0.25, 0.3) is 11.6 Å². The molecule has 3 aromatic rings. The highest BCUT2D eigenvalue weighted by Gasteiger charge is 2.14. The van der Waals surface area contributed by atoms with Crippen molar-refractivity contribution in [1.29, 1.82) is 0 Å². The molecule has 0 spiro atoms. The fraction of sp³-hybridized carbons (Fsp3) is 0.167. The van der Waals surface area contributed by atoms with Crippen molar-refractivity contribution in [2.75, 3.05) is 7.11 Å². The number of hydrogen-bond donors (Lipinski definition) is 0. The first kappa shape index (κ1) is 19.3. The molecule has 0 fully saturated rings. The van der Waals surface area contributed by atoms with Crippen molar-refractivity contribution in [3.8, 4) is 17.2 Å². The van der Waals surface area contributed by atoms with Gasteiger partial charge in [-0.1, -0.05) is 11.6 Å². The van der Waals surface area contributed by atoms with Crippen LogP contribution < -0.4 is 4.74 Å². The molecule has 10 heteroatoms. The summed E-state index contributed by atoms with van der Waals surface area (Å²) in [6, 6.07) is 10.6. The third-order valence-corrected chi connectivity index (χ3v) is 3.96. The zero-order valence-corrected chi connectivity index (χ0v) is 15.4. The second kappa shape index (κ2) is 8.49. The minimum atomic E-state index is -0.518. The van der Waals surface area contributed by atoms with Gasteiger partial charge in [0.05, 0.1) is 18.5 Å². The van der Waals surface area contributed by atoms with Crippen molar-refractivity contribution >= 4 is 23.3 Å². The van der Waals surface area contributed by atoms with Crippen LogP contribution in [0.3, 0.4) is 0 Å². The number of esters is 1. The third-order valence-electron chi connectivity index (χ3n) is 3.73. The molecule has 0 aliphatic heterocycles. The van der Waals surface area contributed by atoms with Gasteiger partial charge in [-0.15, -0.1) is 10.2 Å². The van der Waals surface area contributed by atoms with Gasteiger partial charge in [-0.05, 0) is 30.3 Å². The topological polar surface area (TPSA) is 118 Å². The molecular weight excluding hydrogens is 390 g/mol. The van der Waals surface area contributed by atoms with Crippen LogP contribution in [0.1, 0.15) is 11.5 Å². The summed E-state index contributed by atoms with van der Waals surface area (Å²) in [7, 11) is 1.50. The van der Waals surface area contributed by atoms with E-state index in [-0.39, 0.29) is 30.5 Å². The zero-order valence-electron chi connectivity index (χ0n) is 14.6. The molecule has 0 saturated heterocycles. The van der Waals surface area contributed by atoms with Gasteiger partial charge in [0, 0.05) is 28.3 Å². The van der Waals surface area contributed by atoms with Crippen LogP contribution in [0.15, 0.2) is 46.9 Å².